The highest BCUT2D eigenvalue weighted by atomic mass is 16.4. The van der Waals surface area contributed by atoms with Crippen LogP contribution in [0.1, 0.15) is 41.8 Å². The summed E-state index contributed by atoms with van der Waals surface area (Å²) in [5.74, 6) is 0.0338. The Morgan fingerprint density at radius 3 is 2.61 bits per heavy atom. The Morgan fingerprint density at radius 1 is 1.39 bits per heavy atom. The Labute approximate surface area is 108 Å². The molecule has 0 aromatic carbocycles. The first kappa shape index (κ1) is 12.9. The van der Waals surface area contributed by atoms with Crippen LogP contribution in [-0.4, -0.2) is 30.2 Å². The first-order valence-electron chi connectivity index (χ1n) is 6.23. The lowest BCUT2D eigenvalue weighted by molar-refractivity contribution is 0.0694. The number of rotatable bonds is 2. The van der Waals surface area contributed by atoms with Crippen molar-refractivity contribution in [3.05, 3.63) is 22.9 Å². The number of anilines is 1. The van der Waals surface area contributed by atoms with Crippen LogP contribution in [0.2, 0.25) is 0 Å². The Bertz CT molecular complexity index is 493. The van der Waals surface area contributed by atoms with E-state index in [4.69, 9.17) is 0 Å². The van der Waals surface area contributed by atoms with Gasteiger partial charge >= 0.3 is 5.97 Å². The van der Waals surface area contributed by atoms with Gasteiger partial charge in [-0.25, -0.2) is 9.78 Å². The average Bonchev–Trinajstić information content (AvgIpc) is 2.25. The summed E-state index contributed by atoms with van der Waals surface area (Å²) >= 11 is 0. The molecule has 1 aromatic heterocycles. The molecule has 98 valence electrons. The second-order valence-corrected chi connectivity index (χ2v) is 5.99. The van der Waals surface area contributed by atoms with Crippen molar-refractivity contribution >= 4 is 11.8 Å². The number of fused-ring (bicyclic) bond motifs is 1. The molecule has 1 N–H and O–H groups in total. The van der Waals surface area contributed by atoms with Crippen LogP contribution in [0.25, 0.3) is 0 Å². The van der Waals surface area contributed by atoms with E-state index in [1.165, 1.54) is 6.20 Å². The number of aromatic nitrogens is 1. The van der Waals surface area contributed by atoms with Gasteiger partial charge in [-0.15, -0.1) is 0 Å². The fourth-order valence-corrected chi connectivity index (χ4v) is 2.65. The quantitative estimate of drug-likeness (QED) is 0.873. The molecule has 0 radical (unpaired) electrons. The van der Waals surface area contributed by atoms with Crippen LogP contribution in [0.5, 0.6) is 0 Å². The molecule has 2 rings (SSSR count). The zero-order chi connectivity index (χ0) is 13.5. The Kier molecular flexibility index (Phi) is 3.05. The Morgan fingerprint density at radius 2 is 2.06 bits per heavy atom. The summed E-state index contributed by atoms with van der Waals surface area (Å²) in [6, 6.07) is 0. The molecule has 1 aliphatic rings. The van der Waals surface area contributed by atoms with E-state index in [0.717, 1.165) is 36.2 Å². The van der Waals surface area contributed by atoms with Crippen molar-refractivity contribution in [1.29, 1.82) is 0 Å². The van der Waals surface area contributed by atoms with Crippen LogP contribution < -0.4 is 4.90 Å². The molecule has 0 saturated carbocycles. The van der Waals surface area contributed by atoms with Crippen LogP contribution in [0.4, 0.5) is 5.82 Å². The summed E-state index contributed by atoms with van der Waals surface area (Å²) in [7, 11) is 3.90. The molecule has 0 amide bonds. The molecule has 0 atom stereocenters. The largest absolute Gasteiger partial charge is 0.478 e. The van der Waals surface area contributed by atoms with Crippen molar-refractivity contribution in [2.75, 3.05) is 19.0 Å². The Hall–Kier alpha value is -1.58. The van der Waals surface area contributed by atoms with Crippen molar-refractivity contribution in [1.82, 2.24) is 4.98 Å². The highest BCUT2D eigenvalue weighted by Gasteiger charge is 2.31. The lowest BCUT2D eigenvalue weighted by Crippen LogP contribution is -2.27. The van der Waals surface area contributed by atoms with E-state index in [9.17, 15) is 9.90 Å². The normalized spacial score (nSPS) is 17.1. The fraction of sp³-hybridized carbons (Fsp3) is 0.571. The third-order valence-electron chi connectivity index (χ3n) is 3.64. The number of pyridine rings is 1. The minimum absolute atomic E-state index is 0.219. The zero-order valence-electron chi connectivity index (χ0n) is 11.4. The highest BCUT2D eigenvalue weighted by Crippen LogP contribution is 2.39. The summed E-state index contributed by atoms with van der Waals surface area (Å²) in [5, 5.41) is 9.25. The van der Waals surface area contributed by atoms with E-state index in [1.54, 1.807) is 0 Å². The predicted octanol–water partition coefficient (Wildman–Crippen LogP) is 2.36. The first-order chi connectivity index (χ1) is 8.32. The average molecular weight is 248 g/mol. The molecule has 1 aliphatic carbocycles. The second-order valence-electron chi connectivity index (χ2n) is 5.99. The maximum atomic E-state index is 11.3. The molecule has 1 aromatic rings. The van der Waals surface area contributed by atoms with Gasteiger partial charge in [0, 0.05) is 20.3 Å². The molecule has 1 heterocycles. The van der Waals surface area contributed by atoms with Gasteiger partial charge < -0.3 is 10.0 Å². The smallest absolute Gasteiger partial charge is 0.337 e. The monoisotopic (exact) mass is 248 g/mol. The molecule has 0 spiro atoms. The molecule has 0 unspecified atom stereocenters. The lowest BCUT2D eigenvalue weighted by Gasteiger charge is -2.34. The molecule has 4 nitrogen and oxygen atoms in total. The van der Waals surface area contributed by atoms with Crippen molar-refractivity contribution < 1.29 is 9.90 Å². The van der Waals surface area contributed by atoms with E-state index < -0.39 is 5.97 Å². The van der Waals surface area contributed by atoms with Crippen LogP contribution in [0, 0.1) is 5.41 Å². The summed E-state index contributed by atoms with van der Waals surface area (Å²) < 4.78 is 0. The van der Waals surface area contributed by atoms with E-state index in [2.05, 4.69) is 18.8 Å². The first-order valence-corrected chi connectivity index (χ1v) is 6.23. The molecule has 0 bridgehead atoms. The molecule has 0 fully saturated rings. The molecule has 4 heteroatoms. The van der Waals surface area contributed by atoms with Gasteiger partial charge in [-0.2, -0.15) is 0 Å². The molecule has 18 heavy (non-hydrogen) atoms. The number of carbonyl (C=O) groups is 1. The second kappa shape index (κ2) is 4.26. The van der Waals surface area contributed by atoms with Gasteiger partial charge in [0.05, 0.1) is 5.56 Å². The number of aromatic carboxylic acids is 1. The van der Waals surface area contributed by atoms with E-state index in [-0.39, 0.29) is 5.41 Å². The summed E-state index contributed by atoms with van der Waals surface area (Å²) in [6.07, 6.45) is 4.24. The number of nitrogens with zero attached hydrogens (tertiary/aromatic N) is 2. The van der Waals surface area contributed by atoms with Crippen LogP contribution in [-0.2, 0) is 12.8 Å². The summed E-state index contributed by atoms with van der Waals surface area (Å²) in [4.78, 5) is 17.5. The van der Waals surface area contributed by atoms with Crippen molar-refractivity contribution in [3.8, 4) is 0 Å². The predicted molar refractivity (Wildman–Crippen MR) is 71.3 cm³/mol. The maximum absolute atomic E-state index is 11.3. The van der Waals surface area contributed by atoms with Gasteiger partial charge in [-0.05, 0) is 35.8 Å². The molecule has 0 saturated heterocycles. The van der Waals surface area contributed by atoms with Gasteiger partial charge in [0.2, 0.25) is 0 Å². The standard InChI is InChI=1S/C14H20N2O2/c1-14(2)6-5-9-10(7-14)12(16(3)4)15-8-11(9)13(17)18/h8H,5-7H2,1-4H3,(H,17,18). The van der Waals surface area contributed by atoms with E-state index in [1.807, 2.05) is 19.0 Å². The van der Waals surface area contributed by atoms with Crippen LogP contribution >= 0.6 is 0 Å². The van der Waals surface area contributed by atoms with E-state index >= 15 is 0 Å². The maximum Gasteiger partial charge on any atom is 0.337 e. The summed E-state index contributed by atoms with van der Waals surface area (Å²) in [5.41, 5.74) is 2.67. The van der Waals surface area contributed by atoms with E-state index in [0.29, 0.717) is 5.56 Å². The third kappa shape index (κ3) is 2.19. The SMILES string of the molecule is CN(C)c1ncc(C(=O)O)c2c1CC(C)(C)CC2. The fourth-order valence-electron chi connectivity index (χ4n) is 2.65. The zero-order valence-corrected chi connectivity index (χ0v) is 11.4. The van der Waals surface area contributed by atoms with Crippen molar-refractivity contribution in [2.24, 2.45) is 5.41 Å². The van der Waals surface area contributed by atoms with Gasteiger partial charge in [-0.1, -0.05) is 13.8 Å². The van der Waals surface area contributed by atoms with Crippen molar-refractivity contribution in [3.63, 3.8) is 0 Å². The highest BCUT2D eigenvalue weighted by molar-refractivity contribution is 5.90. The van der Waals surface area contributed by atoms with Crippen LogP contribution in [0.15, 0.2) is 6.20 Å². The molecular weight excluding hydrogens is 228 g/mol. The number of carboxylic acids is 1. The van der Waals surface area contributed by atoms with Crippen LogP contribution in [0.3, 0.4) is 0 Å². The summed E-state index contributed by atoms with van der Waals surface area (Å²) in [6.45, 7) is 4.45. The lowest BCUT2D eigenvalue weighted by atomic mass is 9.73. The van der Waals surface area contributed by atoms with Gasteiger partial charge in [0.15, 0.2) is 0 Å². The third-order valence-corrected chi connectivity index (χ3v) is 3.64. The number of carboxylic acid groups (broad SMARTS) is 1. The van der Waals surface area contributed by atoms with Gasteiger partial charge in [0.1, 0.15) is 5.82 Å². The number of hydrogen-bond donors (Lipinski definition) is 1. The minimum Gasteiger partial charge on any atom is -0.478 e. The minimum atomic E-state index is -0.872. The number of hydrogen-bond acceptors (Lipinski definition) is 3. The van der Waals surface area contributed by atoms with Gasteiger partial charge in [0.25, 0.3) is 0 Å². The van der Waals surface area contributed by atoms with Crippen molar-refractivity contribution in [2.45, 2.75) is 33.1 Å². The van der Waals surface area contributed by atoms with Gasteiger partial charge in [-0.3, -0.25) is 0 Å². The Balaban J connectivity index is 2.60. The molecule has 0 aliphatic heterocycles. The topological polar surface area (TPSA) is 53.4 Å². The molecular formula is C14H20N2O2.